The van der Waals surface area contributed by atoms with Gasteiger partial charge in [0.25, 0.3) is 0 Å². The Balaban J connectivity index is 2.78. The predicted octanol–water partition coefficient (Wildman–Crippen LogP) is 2.34. The third kappa shape index (κ3) is 5.42. The average molecular weight is 280 g/mol. The monoisotopic (exact) mass is 280 g/mol. The highest BCUT2D eigenvalue weighted by molar-refractivity contribution is 5.85. The molecule has 1 rings (SSSR count). The number of aliphatic carboxylic acids is 1. The van der Waals surface area contributed by atoms with Crippen LogP contribution in [0.4, 0.5) is 0 Å². The smallest absolute Gasteiger partial charge is 0.328 e. The second-order valence-corrected chi connectivity index (χ2v) is 4.32. The van der Waals surface area contributed by atoms with Gasteiger partial charge in [-0.3, -0.25) is 0 Å². The van der Waals surface area contributed by atoms with Gasteiger partial charge in [-0.05, 0) is 30.7 Å². The van der Waals surface area contributed by atoms with Crippen LogP contribution in [0, 0.1) is 0 Å². The number of methoxy groups -OCH3 is 2. The van der Waals surface area contributed by atoms with E-state index in [1.165, 1.54) is 6.08 Å². The fraction of sp³-hybridized carbons (Fsp3) is 0.400. The summed E-state index contributed by atoms with van der Waals surface area (Å²) < 4.78 is 15.8. The van der Waals surface area contributed by atoms with Crippen LogP contribution < -0.4 is 4.74 Å². The van der Waals surface area contributed by atoms with Crippen molar-refractivity contribution in [2.24, 2.45) is 0 Å². The van der Waals surface area contributed by atoms with Crippen molar-refractivity contribution in [2.45, 2.75) is 19.6 Å². The molecule has 5 heteroatoms. The first-order chi connectivity index (χ1) is 9.56. The quantitative estimate of drug-likeness (QED) is 0.740. The molecule has 110 valence electrons. The van der Waals surface area contributed by atoms with E-state index in [1.807, 2.05) is 19.1 Å². The van der Waals surface area contributed by atoms with Crippen molar-refractivity contribution in [3.8, 4) is 5.75 Å². The van der Waals surface area contributed by atoms with Crippen LogP contribution in [0.5, 0.6) is 5.75 Å². The Morgan fingerprint density at radius 3 is 2.75 bits per heavy atom. The molecule has 1 atom stereocenters. The van der Waals surface area contributed by atoms with E-state index in [0.717, 1.165) is 11.6 Å². The zero-order chi connectivity index (χ0) is 15.0. The van der Waals surface area contributed by atoms with Crippen molar-refractivity contribution in [1.29, 1.82) is 0 Å². The number of carbonyl (C=O) groups is 1. The van der Waals surface area contributed by atoms with Crippen LogP contribution in [-0.2, 0) is 20.9 Å². The van der Waals surface area contributed by atoms with E-state index in [4.69, 9.17) is 19.3 Å². The molecule has 20 heavy (non-hydrogen) atoms. The summed E-state index contributed by atoms with van der Waals surface area (Å²) in [6, 6.07) is 5.52. The van der Waals surface area contributed by atoms with Crippen LogP contribution in [-0.4, -0.2) is 38.0 Å². The zero-order valence-corrected chi connectivity index (χ0v) is 12.0. The molecule has 0 bridgehead atoms. The lowest BCUT2D eigenvalue weighted by Gasteiger charge is -2.13. The first-order valence-electron chi connectivity index (χ1n) is 6.25. The van der Waals surface area contributed by atoms with Gasteiger partial charge in [0.2, 0.25) is 0 Å². The van der Waals surface area contributed by atoms with Gasteiger partial charge in [-0.2, -0.15) is 0 Å². The van der Waals surface area contributed by atoms with E-state index < -0.39 is 5.97 Å². The van der Waals surface area contributed by atoms with Crippen LogP contribution in [0.25, 0.3) is 6.08 Å². The molecular formula is C15H20O5. The Bertz CT molecular complexity index is 467. The predicted molar refractivity (Wildman–Crippen MR) is 75.8 cm³/mol. The third-order valence-corrected chi connectivity index (χ3v) is 2.64. The zero-order valence-electron chi connectivity index (χ0n) is 12.0. The van der Waals surface area contributed by atoms with E-state index in [2.05, 4.69) is 0 Å². The molecule has 0 spiro atoms. The van der Waals surface area contributed by atoms with Gasteiger partial charge in [-0.1, -0.05) is 6.07 Å². The molecule has 0 aliphatic rings. The summed E-state index contributed by atoms with van der Waals surface area (Å²) >= 11 is 0. The molecular weight excluding hydrogens is 260 g/mol. The van der Waals surface area contributed by atoms with Gasteiger partial charge in [0.1, 0.15) is 5.75 Å². The highest BCUT2D eigenvalue weighted by Crippen LogP contribution is 2.22. The van der Waals surface area contributed by atoms with E-state index in [0.29, 0.717) is 24.5 Å². The molecule has 1 N–H and O–H groups in total. The Labute approximate surface area is 118 Å². The van der Waals surface area contributed by atoms with Gasteiger partial charge >= 0.3 is 5.97 Å². The lowest BCUT2D eigenvalue weighted by molar-refractivity contribution is -0.131. The average Bonchev–Trinajstić information content (AvgIpc) is 2.43. The minimum atomic E-state index is -0.998. The van der Waals surface area contributed by atoms with Crippen molar-refractivity contribution >= 4 is 12.0 Å². The minimum Gasteiger partial charge on any atom is -0.496 e. The van der Waals surface area contributed by atoms with E-state index in [9.17, 15) is 4.79 Å². The van der Waals surface area contributed by atoms with Crippen molar-refractivity contribution in [3.05, 3.63) is 35.4 Å². The van der Waals surface area contributed by atoms with Gasteiger partial charge in [0, 0.05) is 18.7 Å². The standard InChI is InChI=1S/C15H20O5/c1-11(9-18-2)20-10-12-4-6-14(19-3)13(8-12)5-7-15(16)17/h4-8,11H,9-10H2,1-3H3,(H,16,17). The van der Waals surface area contributed by atoms with Gasteiger partial charge < -0.3 is 19.3 Å². The summed E-state index contributed by atoms with van der Waals surface area (Å²) in [6.45, 7) is 2.89. The number of benzene rings is 1. The van der Waals surface area contributed by atoms with Crippen LogP contribution in [0.1, 0.15) is 18.1 Å². The Kier molecular flexibility index (Phi) is 6.76. The molecule has 0 aliphatic heterocycles. The molecule has 0 aromatic heterocycles. The van der Waals surface area contributed by atoms with Crippen molar-refractivity contribution < 1.29 is 24.1 Å². The van der Waals surface area contributed by atoms with Gasteiger partial charge in [0.15, 0.2) is 0 Å². The fourth-order valence-electron chi connectivity index (χ4n) is 1.69. The Morgan fingerprint density at radius 1 is 1.40 bits per heavy atom. The van der Waals surface area contributed by atoms with Crippen LogP contribution in [0.15, 0.2) is 24.3 Å². The number of hydrogen-bond acceptors (Lipinski definition) is 4. The lowest BCUT2D eigenvalue weighted by atomic mass is 10.1. The van der Waals surface area contributed by atoms with E-state index in [-0.39, 0.29) is 6.10 Å². The van der Waals surface area contributed by atoms with Crippen LogP contribution in [0.2, 0.25) is 0 Å². The number of ether oxygens (including phenoxy) is 3. The number of carboxylic acid groups (broad SMARTS) is 1. The molecule has 0 heterocycles. The number of rotatable bonds is 8. The maximum absolute atomic E-state index is 10.6. The number of carboxylic acids is 1. The van der Waals surface area contributed by atoms with Crippen molar-refractivity contribution in [1.82, 2.24) is 0 Å². The molecule has 0 amide bonds. The van der Waals surface area contributed by atoms with Gasteiger partial charge in [-0.25, -0.2) is 4.79 Å². The Morgan fingerprint density at radius 2 is 2.15 bits per heavy atom. The molecule has 0 saturated carbocycles. The third-order valence-electron chi connectivity index (χ3n) is 2.64. The normalized spacial score (nSPS) is 12.6. The molecule has 0 radical (unpaired) electrons. The van der Waals surface area contributed by atoms with E-state index in [1.54, 1.807) is 20.3 Å². The summed E-state index contributed by atoms with van der Waals surface area (Å²) in [4.78, 5) is 10.6. The molecule has 5 nitrogen and oxygen atoms in total. The molecule has 0 saturated heterocycles. The second kappa shape index (κ2) is 8.35. The second-order valence-electron chi connectivity index (χ2n) is 4.32. The van der Waals surface area contributed by atoms with Crippen molar-refractivity contribution in [2.75, 3.05) is 20.8 Å². The van der Waals surface area contributed by atoms with Gasteiger partial charge in [0.05, 0.1) is 26.4 Å². The summed E-state index contributed by atoms with van der Waals surface area (Å²) in [5.74, 6) is -0.376. The minimum absolute atomic E-state index is 0.000105. The first kappa shape index (κ1) is 16.2. The summed E-state index contributed by atoms with van der Waals surface area (Å²) in [5, 5.41) is 8.68. The summed E-state index contributed by atoms with van der Waals surface area (Å²) in [6.07, 6.45) is 2.58. The summed E-state index contributed by atoms with van der Waals surface area (Å²) in [7, 11) is 3.17. The fourth-order valence-corrected chi connectivity index (χ4v) is 1.69. The topological polar surface area (TPSA) is 65.0 Å². The lowest BCUT2D eigenvalue weighted by Crippen LogP contribution is -2.14. The number of hydrogen-bond donors (Lipinski definition) is 1. The Hall–Kier alpha value is -1.85. The maximum Gasteiger partial charge on any atom is 0.328 e. The highest BCUT2D eigenvalue weighted by Gasteiger charge is 2.05. The van der Waals surface area contributed by atoms with Gasteiger partial charge in [-0.15, -0.1) is 0 Å². The molecule has 1 aromatic rings. The molecule has 1 unspecified atom stereocenters. The molecule has 1 aromatic carbocycles. The van der Waals surface area contributed by atoms with Crippen LogP contribution >= 0.6 is 0 Å². The SMILES string of the molecule is COCC(C)OCc1ccc(OC)c(C=CC(=O)O)c1. The summed E-state index contributed by atoms with van der Waals surface area (Å²) in [5.41, 5.74) is 1.65. The maximum atomic E-state index is 10.6. The highest BCUT2D eigenvalue weighted by atomic mass is 16.5. The largest absolute Gasteiger partial charge is 0.496 e. The van der Waals surface area contributed by atoms with E-state index >= 15 is 0 Å². The first-order valence-corrected chi connectivity index (χ1v) is 6.25. The molecule has 0 fully saturated rings. The molecule has 0 aliphatic carbocycles. The van der Waals surface area contributed by atoms with Crippen LogP contribution in [0.3, 0.4) is 0 Å². The van der Waals surface area contributed by atoms with Crippen molar-refractivity contribution in [3.63, 3.8) is 0 Å².